The van der Waals surface area contributed by atoms with Gasteiger partial charge in [0.25, 0.3) is 0 Å². The van der Waals surface area contributed by atoms with Gasteiger partial charge in [0.05, 0.1) is 5.60 Å². The number of allylic oxidation sites excluding steroid dienone is 1. The van der Waals surface area contributed by atoms with Crippen molar-refractivity contribution in [2.24, 2.45) is 17.3 Å². The summed E-state index contributed by atoms with van der Waals surface area (Å²) in [5.74, 6) is 0.932. The van der Waals surface area contributed by atoms with E-state index in [1.54, 1.807) is 0 Å². The highest BCUT2D eigenvalue weighted by Crippen LogP contribution is 2.39. The molecule has 1 N–H and O–H groups in total. The van der Waals surface area contributed by atoms with E-state index >= 15 is 0 Å². The monoisotopic (exact) mass is 196 g/mol. The lowest BCUT2D eigenvalue weighted by atomic mass is 9.70. The highest BCUT2D eigenvalue weighted by atomic mass is 16.3. The van der Waals surface area contributed by atoms with Crippen LogP contribution in [0.25, 0.3) is 0 Å². The molecule has 0 aliphatic heterocycles. The molecular formula is C13H24O. The Labute approximate surface area is 88.2 Å². The summed E-state index contributed by atoms with van der Waals surface area (Å²) in [4.78, 5) is 0. The maximum atomic E-state index is 10.2. The van der Waals surface area contributed by atoms with Crippen molar-refractivity contribution in [3.8, 4) is 0 Å². The van der Waals surface area contributed by atoms with Crippen LogP contribution in [0.15, 0.2) is 12.2 Å². The summed E-state index contributed by atoms with van der Waals surface area (Å²) in [6.45, 7) is 11.0. The molecule has 0 amide bonds. The van der Waals surface area contributed by atoms with Gasteiger partial charge in [-0.2, -0.15) is 0 Å². The van der Waals surface area contributed by atoms with Crippen LogP contribution in [0.2, 0.25) is 0 Å². The van der Waals surface area contributed by atoms with E-state index in [1.807, 2.05) is 6.08 Å². The fraction of sp³-hybridized carbons (Fsp3) is 0.846. The lowest BCUT2D eigenvalue weighted by molar-refractivity contribution is 0.0173. The Morgan fingerprint density at radius 2 is 1.93 bits per heavy atom. The van der Waals surface area contributed by atoms with Crippen molar-refractivity contribution in [3.63, 3.8) is 0 Å². The minimum Gasteiger partial charge on any atom is -0.386 e. The van der Waals surface area contributed by atoms with Gasteiger partial charge in [-0.05, 0) is 30.1 Å². The average Bonchev–Trinajstić information content (AvgIpc) is 2.03. The van der Waals surface area contributed by atoms with Crippen molar-refractivity contribution in [1.29, 1.82) is 0 Å². The molecule has 0 radical (unpaired) electrons. The smallest absolute Gasteiger partial charge is 0.0850 e. The SMILES string of the molecule is CC(C)C1(O)C=CC(C(C)(C)C)CC1. The molecule has 1 heteroatoms. The minimum atomic E-state index is -0.554. The average molecular weight is 196 g/mol. The molecule has 0 saturated carbocycles. The predicted octanol–water partition coefficient (Wildman–Crippen LogP) is 3.39. The zero-order valence-electron chi connectivity index (χ0n) is 10.2. The van der Waals surface area contributed by atoms with Crippen LogP contribution >= 0.6 is 0 Å². The molecular weight excluding hydrogens is 172 g/mol. The van der Waals surface area contributed by atoms with Crippen LogP contribution in [-0.2, 0) is 0 Å². The zero-order chi connectivity index (χ0) is 11.0. The second-order valence-electron chi connectivity index (χ2n) is 6.02. The van der Waals surface area contributed by atoms with Crippen molar-refractivity contribution >= 4 is 0 Å². The molecule has 1 rings (SSSR count). The van der Waals surface area contributed by atoms with Crippen molar-refractivity contribution in [2.75, 3.05) is 0 Å². The molecule has 2 atom stereocenters. The Hall–Kier alpha value is -0.300. The van der Waals surface area contributed by atoms with E-state index < -0.39 is 5.60 Å². The Morgan fingerprint density at radius 1 is 1.36 bits per heavy atom. The maximum Gasteiger partial charge on any atom is 0.0850 e. The molecule has 0 aromatic carbocycles. The molecule has 1 aliphatic rings. The zero-order valence-corrected chi connectivity index (χ0v) is 10.2. The van der Waals surface area contributed by atoms with Gasteiger partial charge in [0, 0.05) is 0 Å². The van der Waals surface area contributed by atoms with Gasteiger partial charge in [0.1, 0.15) is 0 Å². The van der Waals surface area contributed by atoms with Gasteiger partial charge in [-0.15, -0.1) is 0 Å². The van der Waals surface area contributed by atoms with E-state index in [9.17, 15) is 5.11 Å². The van der Waals surface area contributed by atoms with E-state index in [4.69, 9.17) is 0 Å². The summed E-state index contributed by atoms with van der Waals surface area (Å²) in [6, 6.07) is 0. The van der Waals surface area contributed by atoms with Crippen LogP contribution in [-0.4, -0.2) is 10.7 Å². The van der Waals surface area contributed by atoms with Crippen molar-refractivity contribution in [3.05, 3.63) is 12.2 Å². The molecule has 0 aromatic rings. The molecule has 82 valence electrons. The largest absolute Gasteiger partial charge is 0.386 e. The van der Waals surface area contributed by atoms with Crippen molar-refractivity contribution < 1.29 is 5.11 Å². The number of hydrogen-bond acceptors (Lipinski definition) is 1. The van der Waals surface area contributed by atoms with Gasteiger partial charge < -0.3 is 5.11 Å². The molecule has 0 bridgehead atoms. The standard InChI is InChI=1S/C13H24O/c1-10(2)13(14)8-6-11(7-9-13)12(3,4)5/h6,8,10-11,14H,7,9H2,1-5H3. The van der Waals surface area contributed by atoms with Crippen molar-refractivity contribution in [1.82, 2.24) is 0 Å². The molecule has 1 nitrogen and oxygen atoms in total. The number of rotatable bonds is 1. The Morgan fingerprint density at radius 3 is 2.21 bits per heavy atom. The van der Waals surface area contributed by atoms with E-state index in [2.05, 4.69) is 40.7 Å². The fourth-order valence-corrected chi connectivity index (χ4v) is 2.05. The second-order valence-corrected chi connectivity index (χ2v) is 6.02. The molecule has 0 saturated heterocycles. The van der Waals surface area contributed by atoms with Gasteiger partial charge in [-0.3, -0.25) is 0 Å². The Bertz CT molecular complexity index is 222. The second kappa shape index (κ2) is 3.69. The van der Waals surface area contributed by atoms with Crippen LogP contribution < -0.4 is 0 Å². The van der Waals surface area contributed by atoms with Gasteiger partial charge in [0.15, 0.2) is 0 Å². The van der Waals surface area contributed by atoms with Crippen LogP contribution in [0, 0.1) is 17.3 Å². The summed E-state index contributed by atoms with van der Waals surface area (Å²) < 4.78 is 0. The fourth-order valence-electron chi connectivity index (χ4n) is 2.05. The molecule has 2 unspecified atom stereocenters. The summed E-state index contributed by atoms with van der Waals surface area (Å²) in [5, 5.41) is 10.2. The third kappa shape index (κ3) is 2.38. The quantitative estimate of drug-likeness (QED) is 0.637. The number of aliphatic hydroxyl groups is 1. The molecule has 0 aromatic heterocycles. The minimum absolute atomic E-state index is 0.319. The third-order valence-corrected chi connectivity index (χ3v) is 3.59. The van der Waals surface area contributed by atoms with Crippen LogP contribution in [0.4, 0.5) is 0 Å². The highest BCUT2D eigenvalue weighted by molar-refractivity contribution is 5.10. The summed E-state index contributed by atoms with van der Waals surface area (Å²) in [7, 11) is 0. The van der Waals surface area contributed by atoms with Gasteiger partial charge in [-0.25, -0.2) is 0 Å². The van der Waals surface area contributed by atoms with E-state index in [1.165, 1.54) is 0 Å². The molecule has 14 heavy (non-hydrogen) atoms. The van der Waals surface area contributed by atoms with Crippen LogP contribution in [0.1, 0.15) is 47.5 Å². The van der Waals surface area contributed by atoms with E-state index in [0.717, 1.165) is 12.8 Å². The first kappa shape index (κ1) is 11.8. The first-order valence-electron chi connectivity index (χ1n) is 5.67. The summed E-state index contributed by atoms with van der Waals surface area (Å²) >= 11 is 0. The summed E-state index contributed by atoms with van der Waals surface area (Å²) in [5.41, 5.74) is -0.226. The maximum absolute atomic E-state index is 10.2. The van der Waals surface area contributed by atoms with E-state index in [0.29, 0.717) is 17.3 Å². The Balaban J connectivity index is 2.74. The van der Waals surface area contributed by atoms with Gasteiger partial charge in [-0.1, -0.05) is 46.8 Å². The van der Waals surface area contributed by atoms with Gasteiger partial charge >= 0.3 is 0 Å². The molecule has 0 heterocycles. The first-order valence-corrected chi connectivity index (χ1v) is 5.67. The Kier molecular flexibility index (Phi) is 3.10. The normalized spacial score (nSPS) is 33.8. The molecule has 0 fully saturated rings. The van der Waals surface area contributed by atoms with Crippen LogP contribution in [0.5, 0.6) is 0 Å². The number of hydrogen-bond donors (Lipinski definition) is 1. The topological polar surface area (TPSA) is 20.2 Å². The summed E-state index contributed by atoms with van der Waals surface area (Å²) in [6.07, 6.45) is 6.25. The first-order chi connectivity index (χ1) is 6.26. The molecule has 1 aliphatic carbocycles. The van der Waals surface area contributed by atoms with Gasteiger partial charge in [0.2, 0.25) is 0 Å². The van der Waals surface area contributed by atoms with Crippen LogP contribution in [0.3, 0.4) is 0 Å². The third-order valence-electron chi connectivity index (χ3n) is 3.59. The predicted molar refractivity (Wildman–Crippen MR) is 61.1 cm³/mol. The lowest BCUT2D eigenvalue weighted by Crippen LogP contribution is -2.37. The highest BCUT2D eigenvalue weighted by Gasteiger charge is 2.34. The van der Waals surface area contributed by atoms with Crippen molar-refractivity contribution in [2.45, 2.75) is 53.1 Å². The molecule has 0 spiro atoms. The lowest BCUT2D eigenvalue weighted by Gasteiger charge is -2.38. The van der Waals surface area contributed by atoms with E-state index in [-0.39, 0.29) is 0 Å².